The Morgan fingerprint density at radius 2 is 1.85 bits per heavy atom. The van der Waals surface area contributed by atoms with E-state index in [9.17, 15) is 9.00 Å². The van der Waals surface area contributed by atoms with Crippen LogP contribution in [0.4, 0.5) is 5.82 Å². The van der Waals surface area contributed by atoms with E-state index in [1.807, 2.05) is 13.8 Å². The lowest BCUT2D eigenvalue weighted by molar-refractivity contribution is 0.482. The van der Waals surface area contributed by atoms with Gasteiger partial charge in [0.1, 0.15) is 11.8 Å². The summed E-state index contributed by atoms with van der Waals surface area (Å²) in [5.74, 6) is 1.78. The van der Waals surface area contributed by atoms with Gasteiger partial charge in [-0.05, 0) is 64.5 Å². The van der Waals surface area contributed by atoms with Gasteiger partial charge in [-0.3, -0.25) is 14.3 Å². The Labute approximate surface area is 232 Å². The zero-order valence-corrected chi connectivity index (χ0v) is 24.0. The van der Waals surface area contributed by atoms with Gasteiger partial charge in [0, 0.05) is 23.9 Å². The number of aromatic nitrogens is 7. The van der Waals surface area contributed by atoms with Crippen molar-refractivity contribution in [3.63, 3.8) is 0 Å². The molecule has 0 saturated heterocycles. The van der Waals surface area contributed by atoms with E-state index in [1.54, 1.807) is 30.0 Å². The van der Waals surface area contributed by atoms with E-state index in [0.29, 0.717) is 45.1 Å². The van der Waals surface area contributed by atoms with Crippen LogP contribution in [0.2, 0.25) is 0 Å². The van der Waals surface area contributed by atoms with Crippen molar-refractivity contribution in [2.24, 2.45) is 5.92 Å². The lowest BCUT2D eigenvalue weighted by atomic mass is 10.1. The molecule has 0 aromatic carbocycles. The standard InChI is InChI=1S/C28H33N9O2S/c1-5-40(29,39)21-11-10-20(30-13-21)12-31-26-28(38)37(17(4)18-6-7-18)27-23(35-26)16(3)34-25(36-27)22-15(2)32-14-33-24(22)19-8-9-19/h10-11,13-14,17-19,29H,5-9,12H2,1-4H3,(H,31,35)/t17-,40?/m0/s1. The maximum absolute atomic E-state index is 13.9. The van der Waals surface area contributed by atoms with Crippen molar-refractivity contribution < 1.29 is 4.21 Å². The summed E-state index contributed by atoms with van der Waals surface area (Å²) >= 11 is 0. The highest BCUT2D eigenvalue weighted by Gasteiger charge is 2.33. The molecule has 208 valence electrons. The van der Waals surface area contributed by atoms with Crippen LogP contribution in [0.1, 0.15) is 74.3 Å². The number of hydrogen-bond donors (Lipinski definition) is 2. The van der Waals surface area contributed by atoms with E-state index in [0.717, 1.165) is 42.6 Å². The summed E-state index contributed by atoms with van der Waals surface area (Å²) in [7, 11) is -2.84. The van der Waals surface area contributed by atoms with Gasteiger partial charge in [0.2, 0.25) is 0 Å². The largest absolute Gasteiger partial charge is 0.360 e. The minimum absolute atomic E-state index is 0.0478. The van der Waals surface area contributed by atoms with Crippen LogP contribution in [0.25, 0.3) is 22.6 Å². The van der Waals surface area contributed by atoms with Crippen LogP contribution in [0.5, 0.6) is 0 Å². The first-order valence-corrected chi connectivity index (χ1v) is 15.5. The zero-order valence-electron chi connectivity index (χ0n) is 23.1. The van der Waals surface area contributed by atoms with E-state index < -0.39 is 9.73 Å². The molecule has 2 atom stereocenters. The summed E-state index contributed by atoms with van der Waals surface area (Å²) < 4.78 is 22.1. The third kappa shape index (κ3) is 4.85. The summed E-state index contributed by atoms with van der Waals surface area (Å²) in [5.41, 5.74) is 4.83. The number of anilines is 1. The Hall–Kier alpha value is -3.80. The Morgan fingerprint density at radius 1 is 1.07 bits per heavy atom. The van der Waals surface area contributed by atoms with Crippen LogP contribution in [-0.4, -0.2) is 44.4 Å². The summed E-state index contributed by atoms with van der Waals surface area (Å²) in [5, 5.41) is 3.16. The quantitative estimate of drug-likeness (QED) is 0.301. The molecule has 4 aromatic rings. The third-order valence-electron chi connectivity index (χ3n) is 7.90. The third-order valence-corrected chi connectivity index (χ3v) is 9.72. The van der Waals surface area contributed by atoms with Crippen LogP contribution in [0.3, 0.4) is 0 Å². The Bertz CT molecular complexity index is 1780. The second kappa shape index (κ2) is 9.99. The number of aryl methyl sites for hydroxylation is 2. The number of nitrogens with one attached hydrogen (secondary N) is 2. The van der Waals surface area contributed by atoms with Gasteiger partial charge in [-0.2, -0.15) is 0 Å². The molecule has 0 spiro atoms. The fraction of sp³-hybridized carbons (Fsp3) is 0.464. The molecule has 0 radical (unpaired) electrons. The topological polar surface area (TPSA) is 152 Å². The number of nitrogens with zero attached hydrogens (tertiary/aromatic N) is 7. The van der Waals surface area contributed by atoms with Crippen molar-refractivity contribution in [2.75, 3.05) is 11.1 Å². The van der Waals surface area contributed by atoms with Gasteiger partial charge in [-0.15, -0.1) is 0 Å². The maximum Gasteiger partial charge on any atom is 0.295 e. The highest BCUT2D eigenvalue weighted by Crippen LogP contribution is 2.44. The van der Waals surface area contributed by atoms with Crippen molar-refractivity contribution in [3.8, 4) is 11.4 Å². The van der Waals surface area contributed by atoms with Crippen LogP contribution < -0.4 is 10.9 Å². The molecule has 2 saturated carbocycles. The predicted molar refractivity (Wildman–Crippen MR) is 153 cm³/mol. The fourth-order valence-corrected chi connectivity index (χ4v) is 5.95. The fourth-order valence-electron chi connectivity index (χ4n) is 5.10. The van der Waals surface area contributed by atoms with E-state index >= 15 is 0 Å². The number of hydrogen-bond acceptors (Lipinski definition) is 10. The van der Waals surface area contributed by atoms with Crippen LogP contribution in [0, 0.1) is 24.5 Å². The second-order valence-electron chi connectivity index (χ2n) is 10.8. The molecule has 2 aliphatic rings. The number of fused-ring (bicyclic) bond motifs is 1. The van der Waals surface area contributed by atoms with Crippen molar-refractivity contribution in [2.45, 2.75) is 76.8 Å². The second-order valence-corrected chi connectivity index (χ2v) is 13.2. The predicted octanol–water partition coefficient (Wildman–Crippen LogP) is 4.54. The molecule has 2 N–H and O–H groups in total. The van der Waals surface area contributed by atoms with Crippen LogP contribution in [0.15, 0.2) is 34.3 Å². The Morgan fingerprint density at radius 3 is 2.50 bits per heavy atom. The smallest absolute Gasteiger partial charge is 0.295 e. The zero-order chi connectivity index (χ0) is 28.2. The van der Waals surface area contributed by atoms with Gasteiger partial charge in [0.15, 0.2) is 17.3 Å². The first kappa shape index (κ1) is 26.4. The number of pyridine rings is 1. The number of rotatable bonds is 9. The molecule has 0 bridgehead atoms. The first-order valence-electron chi connectivity index (χ1n) is 13.8. The minimum Gasteiger partial charge on any atom is -0.360 e. The summed E-state index contributed by atoms with van der Waals surface area (Å²) in [4.78, 5) is 42.1. The Kier molecular flexibility index (Phi) is 6.60. The molecule has 1 unspecified atom stereocenters. The first-order chi connectivity index (χ1) is 19.2. The molecule has 0 amide bonds. The average Bonchev–Trinajstić information content (AvgIpc) is 3.85. The molecule has 40 heavy (non-hydrogen) atoms. The molecule has 4 heterocycles. The van der Waals surface area contributed by atoms with Crippen molar-refractivity contribution in [3.05, 3.63) is 57.8 Å². The van der Waals surface area contributed by atoms with Gasteiger partial charge in [-0.1, -0.05) is 6.92 Å². The summed E-state index contributed by atoms with van der Waals surface area (Å²) in [6.07, 6.45) is 7.40. The molecule has 12 heteroatoms. The van der Waals surface area contributed by atoms with Gasteiger partial charge >= 0.3 is 0 Å². The molecular formula is C28H33N9O2S. The van der Waals surface area contributed by atoms with Crippen LogP contribution in [-0.2, 0) is 16.3 Å². The van der Waals surface area contributed by atoms with E-state index in [1.165, 1.54) is 6.20 Å². The molecule has 6 rings (SSSR count). The summed E-state index contributed by atoms with van der Waals surface area (Å²) in [6, 6.07) is 3.34. The van der Waals surface area contributed by atoms with E-state index in [2.05, 4.69) is 27.2 Å². The highest BCUT2D eigenvalue weighted by atomic mass is 32.2. The molecule has 2 fully saturated rings. The van der Waals surface area contributed by atoms with Crippen LogP contribution >= 0.6 is 0 Å². The maximum atomic E-state index is 13.9. The van der Waals surface area contributed by atoms with E-state index in [-0.39, 0.29) is 29.7 Å². The van der Waals surface area contributed by atoms with Gasteiger partial charge < -0.3 is 5.32 Å². The van der Waals surface area contributed by atoms with Gasteiger partial charge in [-0.25, -0.2) is 33.9 Å². The monoisotopic (exact) mass is 559 g/mol. The summed E-state index contributed by atoms with van der Waals surface area (Å²) in [6.45, 7) is 7.88. The lowest BCUT2D eigenvalue weighted by Gasteiger charge is -2.20. The molecule has 0 aliphatic heterocycles. The van der Waals surface area contributed by atoms with Gasteiger partial charge in [0.25, 0.3) is 5.56 Å². The van der Waals surface area contributed by atoms with Crippen molar-refractivity contribution >= 4 is 26.7 Å². The minimum atomic E-state index is -2.84. The SMILES string of the molecule is CCS(=N)(=O)c1ccc(CNc2nc3c(C)nc(-c4c(C)ncnc4C4CC4)nc3n([C@@H](C)C3CC3)c2=O)nc1. The Balaban J connectivity index is 1.42. The van der Waals surface area contributed by atoms with E-state index in [4.69, 9.17) is 19.7 Å². The highest BCUT2D eigenvalue weighted by molar-refractivity contribution is 7.92. The average molecular weight is 560 g/mol. The molecule has 2 aliphatic carbocycles. The molecule has 4 aromatic heterocycles. The van der Waals surface area contributed by atoms with Gasteiger partial charge in [0.05, 0.1) is 49.5 Å². The van der Waals surface area contributed by atoms with Crippen molar-refractivity contribution in [1.82, 2.24) is 34.5 Å². The normalized spacial score (nSPS) is 17.5. The lowest BCUT2D eigenvalue weighted by Crippen LogP contribution is -2.30. The molecule has 11 nitrogen and oxygen atoms in total. The van der Waals surface area contributed by atoms with Crippen molar-refractivity contribution in [1.29, 1.82) is 4.78 Å². The molecular weight excluding hydrogens is 526 g/mol.